The van der Waals surface area contributed by atoms with Crippen molar-refractivity contribution >= 4 is 37.4 Å². The molecule has 1 unspecified atom stereocenters. The summed E-state index contributed by atoms with van der Waals surface area (Å²) in [6, 6.07) is 4.25. The van der Waals surface area contributed by atoms with Crippen molar-refractivity contribution in [2.24, 2.45) is 5.92 Å². The van der Waals surface area contributed by atoms with Gasteiger partial charge < -0.3 is 0 Å². The number of nitrogens with zero attached hydrogens (tertiary/aromatic N) is 1. The van der Waals surface area contributed by atoms with Crippen LogP contribution in [0.25, 0.3) is 10.1 Å². The highest BCUT2D eigenvalue weighted by Crippen LogP contribution is 2.26. The van der Waals surface area contributed by atoms with E-state index in [-0.39, 0.29) is 0 Å². The van der Waals surface area contributed by atoms with E-state index in [0.29, 0.717) is 10.7 Å². The topological polar surface area (TPSA) is 12.9 Å². The second kappa shape index (κ2) is 4.62. The first kappa shape index (κ1) is 11.1. The van der Waals surface area contributed by atoms with Crippen LogP contribution in [-0.2, 0) is 6.42 Å². The van der Waals surface area contributed by atoms with Crippen LogP contribution >= 0.6 is 27.3 Å². The first-order chi connectivity index (χ1) is 7.18. The van der Waals surface area contributed by atoms with Crippen LogP contribution in [0.3, 0.4) is 0 Å². The highest BCUT2D eigenvalue weighted by atomic mass is 79.9. The van der Waals surface area contributed by atoms with Crippen LogP contribution in [0, 0.1) is 5.92 Å². The standard InChI is InChI=1S/C12H14BrNS/c1-8(2)10(13)7-11-9-4-6-15-12(9)3-5-14-11/h3-6,8,10H,7H2,1-2H3. The molecule has 0 aliphatic heterocycles. The number of alkyl halides is 1. The smallest absolute Gasteiger partial charge is 0.0501 e. The Hall–Kier alpha value is -0.410. The van der Waals surface area contributed by atoms with Crippen molar-refractivity contribution < 1.29 is 0 Å². The average molecular weight is 284 g/mol. The van der Waals surface area contributed by atoms with Crippen LogP contribution in [0.4, 0.5) is 0 Å². The Bertz CT molecular complexity index is 450. The van der Waals surface area contributed by atoms with Gasteiger partial charge in [-0.3, -0.25) is 4.98 Å². The molecule has 2 heterocycles. The zero-order chi connectivity index (χ0) is 10.8. The SMILES string of the molecule is CC(C)C(Br)Cc1nccc2sccc12. The maximum Gasteiger partial charge on any atom is 0.0501 e. The van der Waals surface area contributed by atoms with Gasteiger partial charge in [0.1, 0.15) is 0 Å². The van der Waals surface area contributed by atoms with Crippen molar-refractivity contribution in [2.75, 3.05) is 0 Å². The first-order valence-electron chi connectivity index (χ1n) is 5.13. The van der Waals surface area contributed by atoms with Crippen molar-refractivity contribution in [3.05, 3.63) is 29.4 Å². The van der Waals surface area contributed by atoms with E-state index in [2.05, 4.69) is 52.3 Å². The van der Waals surface area contributed by atoms with Gasteiger partial charge >= 0.3 is 0 Å². The zero-order valence-electron chi connectivity index (χ0n) is 8.90. The second-order valence-corrected chi connectivity index (χ2v) is 6.18. The third-order valence-electron chi connectivity index (χ3n) is 2.57. The molecule has 15 heavy (non-hydrogen) atoms. The number of fused-ring (bicyclic) bond motifs is 1. The maximum atomic E-state index is 4.48. The molecule has 2 aromatic heterocycles. The van der Waals surface area contributed by atoms with Gasteiger partial charge in [-0.1, -0.05) is 29.8 Å². The van der Waals surface area contributed by atoms with E-state index >= 15 is 0 Å². The van der Waals surface area contributed by atoms with Crippen LogP contribution < -0.4 is 0 Å². The Balaban J connectivity index is 2.31. The summed E-state index contributed by atoms with van der Waals surface area (Å²) < 4.78 is 1.34. The lowest BCUT2D eigenvalue weighted by atomic mass is 10.0. The molecule has 0 spiro atoms. The molecule has 0 aromatic carbocycles. The number of thiophene rings is 1. The summed E-state index contributed by atoms with van der Waals surface area (Å²) in [7, 11) is 0. The van der Waals surface area contributed by atoms with Gasteiger partial charge in [0.15, 0.2) is 0 Å². The predicted molar refractivity (Wildman–Crippen MR) is 70.9 cm³/mol. The van der Waals surface area contributed by atoms with E-state index in [1.54, 1.807) is 11.3 Å². The number of hydrogen-bond acceptors (Lipinski definition) is 2. The monoisotopic (exact) mass is 283 g/mol. The lowest BCUT2D eigenvalue weighted by Gasteiger charge is -2.13. The molecule has 80 valence electrons. The maximum absolute atomic E-state index is 4.48. The Kier molecular flexibility index (Phi) is 3.42. The second-order valence-electron chi connectivity index (χ2n) is 4.05. The third kappa shape index (κ3) is 2.40. The van der Waals surface area contributed by atoms with E-state index in [1.165, 1.54) is 15.8 Å². The fourth-order valence-electron chi connectivity index (χ4n) is 1.54. The van der Waals surface area contributed by atoms with E-state index in [1.807, 2.05) is 6.20 Å². The normalized spacial score (nSPS) is 13.6. The zero-order valence-corrected chi connectivity index (χ0v) is 11.3. The van der Waals surface area contributed by atoms with E-state index in [4.69, 9.17) is 0 Å². The molecule has 0 bridgehead atoms. The van der Waals surface area contributed by atoms with E-state index in [0.717, 1.165) is 6.42 Å². The minimum atomic E-state index is 0.510. The van der Waals surface area contributed by atoms with Crippen LogP contribution in [0.2, 0.25) is 0 Å². The van der Waals surface area contributed by atoms with Crippen molar-refractivity contribution in [1.82, 2.24) is 4.98 Å². The van der Waals surface area contributed by atoms with Gasteiger partial charge in [0.05, 0.1) is 5.69 Å². The molecular formula is C12H14BrNS. The summed E-state index contributed by atoms with van der Waals surface area (Å²) in [5.41, 5.74) is 1.21. The number of aromatic nitrogens is 1. The molecule has 0 N–H and O–H groups in total. The Morgan fingerprint density at radius 3 is 2.93 bits per heavy atom. The molecule has 1 atom stereocenters. The molecule has 3 heteroatoms. The minimum absolute atomic E-state index is 0.510. The highest BCUT2D eigenvalue weighted by Gasteiger charge is 2.12. The number of rotatable bonds is 3. The number of hydrogen-bond donors (Lipinski definition) is 0. The molecule has 2 aromatic rings. The predicted octanol–water partition coefficient (Wildman–Crippen LogP) is 4.26. The largest absolute Gasteiger partial charge is 0.261 e. The van der Waals surface area contributed by atoms with Crippen molar-refractivity contribution in [2.45, 2.75) is 25.1 Å². The Morgan fingerprint density at radius 1 is 1.40 bits per heavy atom. The summed E-state index contributed by atoms with van der Waals surface area (Å²) in [5, 5.41) is 3.45. The molecule has 0 saturated heterocycles. The Labute approximate surface area is 103 Å². The van der Waals surface area contributed by atoms with E-state index < -0.39 is 0 Å². The highest BCUT2D eigenvalue weighted by molar-refractivity contribution is 9.09. The van der Waals surface area contributed by atoms with Crippen LogP contribution in [-0.4, -0.2) is 9.81 Å². The summed E-state index contributed by atoms with van der Waals surface area (Å²) in [4.78, 5) is 4.99. The van der Waals surface area contributed by atoms with Gasteiger partial charge in [-0.2, -0.15) is 0 Å². The molecule has 0 aliphatic rings. The molecule has 0 amide bonds. The van der Waals surface area contributed by atoms with Gasteiger partial charge in [0.2, 0.25) is 0 Å². The fourth-order valence-corrected chi connectivity index (χ4v) is 2.65. The molecule has 0 fully saturated rings. The fraction of sp³-hybridized carbons (Fsp3) is 0.417. The minimum Gasteiger partial charge on any atom is -0.261 e. The summed E-state index contributed by atoms with van der Waals surface area (Å²) in [6.45, 7) is 4.46. The van der Waals surface area contributed by atoms with Gasteiger partial charge in [-0.05, 0) is 23.4 Å². The molecule has 0 saturated carbocycles. The van der Waals surface area contributed by atoms with Gasteiger partial charge in [0, 0.05) is 27.5 Å². The quantitative estimate of drug-likeness (QED) is 0.767. The van der Waals surface area contributed by atoms with Crippen molar-refractivity contribution in [3.63, 3.8) is 0 Å². The van der Waals surface area contributed by atoms with Crippen LogP contribution in [0.1, 0.15) is 19.5 Å². The summed E-state index contributed by atoms with van der Waals surface area (Å²) in [6.07, 6.45) is 2.92. The lowest BCUT2D eigenvalue weighted by molar-refractivity contribution is 0.609. The number of pyridine rings is 1. The molecule has 0 aliphatic carbocycles. The Morgan fingerprint density at radius 2 is 2.20 bits per heavy atom. The van der Waals surface area contributed by atoms with Gasteiger partial charge in [-0.25, -0.2) is 0 Å². The molecule has 2 rings (SSSR count). The lowest BCUT2D eigenvalue weighted by Crippen LogP contribution is -2.11. The van der Waals surface area contributed by atoms with Crippen molar-refractivity contribution in [3.8, 4) is 0 Å². The molecular weight excluding hydrogens is 270 g/mol. The van der Waals surface area contributed by atoms with Crippen LogP contribution in [0.15, 0.2) is 23.7 Å². The first-order valence-corrected chi connectivity index (χ1v) is 6.93. The molecule has 1 nitrogen and oxygen atoms in total. The van der Waals surface area contributed by atoms with Gasteiger partial charge in [-0.15, -0.1) is 11.3 Å². The van der Waals surface area contributed by atoms with Gasteiger partial charge in [0.25, 0.3) is 0 Å². The number of halogens is 1. The van der Waals surface area contributed by atoms with Crippen molar-refractivity contribution in [1.29, 1.82) is 0 Å². The average Bonchev–Trinajstić information content (AvgIpc) is 2.66. The summed E-state index contributed by atoms with van der Waals surface area (Å²) in [5.74, 6) is 0.640. The summed E-state index contributed by atoms with van der Waals surface area (Å²) >= 11 is 5.50. The van der Waals surface area contributed by atoms with E-state index in [9.17, 15) is 0 Å². The molecule has 0 radical (unpaired) electrons. The third-order valence-corrected chi connectivity index (χ3v) is 4.84. The van der Waals surface area contributed by atoms with Crippen LogP contribution in [0.5, 0.6) is 0 Å².